The molecule has 0 radical (unpaired) electrons. The summed E-state index contributed by atoms with van der Waals surface area (Å²) in [5.74, 6) is 0.629. The maximum atomic E-state index is 9.32. The lowest BCUT2D eigenvalue weighted by atomic mass is 10.1. The number of nitrogens with zero attached hydrogens (tertiary/aromatic N) is 3. The molecule has 4 N–H and O–H groups in total. The number of hydrogen-bond acceptors (Lipinski definition) is 6. The lowest BCUT2D eigenvalue weighted by molar-refractivity contribution is 0.306. The molecule has 26 heavy (non-hydrogen) atoms. The first kappa shape index (κ1) is 17.8. The highest BCUT2D eigenvalue weighted by atomic mass is 35.5. The van der Waals surface area contributed by atoms with Gasteiger partial charge in [-0.25, -0.2) is 4.98 Å². The molecule has 0 aliphatic rings. The Hall–Kier alpha value is -3.01. The van der Waals surface area contributed by atoms with Crippen LogP contribution in [-0.2, 0) is 6.61 Å². The van der Waals surface area contributed by atoms with Crippen LogP contribution in [0.1, 0.15) is 11.1 Å². The minimum atomic E-state index is -0.00127. The highest BCUT2D eigenvalue weighted by molar-refractivity contribution is 6.42. The average Bonchev–Trinajstić information content (AvgIpc) is 2.62. The lowest BCUT2D eigenvalue weighted by Crippen LogP contribution is -2.05. The first-order valence-corrected chi connectivity index (χ1v) is 8.24. The molecule has 0 unspecified atom stereocenters. The van der Waals surface area contributed by atoms with E-state index in [2.05, 4.69) is 9.97 Å². The molecule has 0 atom stereocenters. The minimum Gasteiger partial charge on any atom is -0.489 e. The van der Waals surface area contributed by atoms with Gasteiger partial charge in [-0.05, 0) is 29.8 Å². The highest BCUT2D eigenvalue weighted by Crippen LogP contribution is 2.29. The fourth-order valence-electron chi connectivity index (χ4n) is 2.34. The number of nitrogen functional groups attached to an aromatic ring is 2. The van der Waals surface area contributed by atoms with Gasteiger partial charge in [-0.2, -0.15) is 10.2 Å². The van der Waals surface area contributed by atoms with Crippen LogP contribution in [0.15, 0.2) is 42.5 Å². The summed E-state index contributed by atoms with van der Waals surface area (Å²) in [7, 11) is 0. The second-order valence-electron chi connectivity index (χ2n) is 5.37. The summed E-state index contributed by atoms with van der Waals surface area (Å²) in [5, 5.41) is 10.3. The van der Waals surface area contributed by atoms with Gasteiger partial charge in [0.05, 0.1) is 15.7 Å². The molecular formula is C18H13Cl2N5O. The average molecular weight is 386 g/mol. The molecule has 0 amide bonds. The molecule has 1 aromatic heterocycles. The van der Waals surface area contributed by atoms with E-state index in [0.29, 0.717) is 33.7 Å². The summed E-state index contributed by atoms with van der Waals surface area (Å²) in [6, 6.07) is 14.4. The van der Waals surface area contributed by atoms with Crippen LogP contribution in [0.5, 0.6) is 5.75 Å². The Bertz CT molecular complexity index is 1020. The molecule has 1 heterocycles. The van der Waals surface area contributed by atoms with Gasteiger partial charge >= 0.3 is 0 Å². The SMILES string of the molecule is N#Cc1c(N)nc(N)nc1-c1cccc(OCc2ccc(Cl)c(Cl)c2)c1. The maximum Gasteiger partial charge on any atom is 0.222 e. The van der Waals surface area contributed by atoms with E-state index in [1.807, 2.05) is 12.1 Å². The van der Waals surface area contributed by atoms with E-state index >= 15 is 0 Å². The molecule has 0 saturated carbocycles. The third kappa shape index (κ3) is 3.80. The van der Waals surface area contributed by atoms with E-state index in [4.69, 9.17) is 39.4 Å². The van der Waals surface area contributed by atoms with E-state index in [9.17, 15) is 5.26 Å². The molecule has 130 valence electrons. The normalized spacial score (nSPS) is 10.3. The molecule has 0 fully saturated rings. The Labute approximate surface area is 160 Å². The lowest BCUT2D eigenvalue weighted by Gasteiger charge is -2.10. The van der Waals surface area contributed by atoms with E-state index in [1.54, 1.807) is 36.4 Å². The third-order valence-electron chi connectivity index (χ3n) is 3.56. The Morgan fingerprint density at radius 1 is 1.04 bits per heavy atom. The first-order chi connectivity index (χ1) is 12.5. The van der Waals surface area contributed by atoms with Crippen LogP contribution in [0.2, 0.25) is 10.0 Å². The summed E-state index contributed by atoms with van der Waals surface area (Å²) < 4.78 is 5.79. The highest BCUT2D eigenvalue weighted by Gasteiger charge is 2.13. The van der Waals surface area contributed by atoms with Gasteiger partial charge < -0.3 is 16.2 Å². The van der Waals surface area contributed by atoms with Crippen LogP contribution in [-0.4, -0.2) is 9.97 Å². The van der Waals surface area contributed by atoms with Gasteiger partial charge in [0.25, 0.3) is 0 Å². The molecule has 0 saturated heterocycles. The van der Waals surface area contributed by atoms with Crippen molar-refractivity contribution < 1.29 is 4.74 Å². The van der Waals surface area contributed by atoms with Crippen LogP contribution in [0.25, 0.3) is 11.3 Å². The molecular weight excluding hydrogens is 373 g/mol. The van der Waals surface area contributed by atoms with E-state index < -0.39 is 0 Å². The van der Waals surface area contributed by atoms with Crippen LogP contribution in [0.4, 0.5) is 11.8 Å². The summed E-state index contributed by atoms with van der Waals surface area (Å²) in [4.78, 5) is 7.94. The molecule has 3 rings (SSSR count). The van der Waals surface area contributed by atoms with Crippen molar-refractivity contribution in [1.82, 2.24) is 9.97 Å². The monoisotopic (exact) mass is 385 g/mol. The van der Waals surface area contributed by atoms with Crippen molar-refractivity contribution in [3.63, 3.8) is 0 Å². The second kappa shape index (κ2) is 7.48. The number of rotatable bonds is 4. The number of aromatic nitrogens is 2. The Kier molecular flexibility index (Phi) is 5.12. The predicted molar refractivity (Wildman–Crippen MR) is 102 cm³/mol. The topological polar surface area (TPSA) is 111 Å². The molecule has 6 nitrogen and oxygen atoms in total. The quantitative estimate of drug-likeness (QED) is 0.699. The zero-order chi connectivity index (χ0) is 18.7. The summed E-state index contributed by atoms with van der Waals surface area (Å²) in [5.41, 5.74) is 13.5. The molecule has 0 bridgehead atoms. The van der Waals surface area contributed by atoms with Gasteiger partial charge in [0, 0.05) is 5.56 Å². The fourth-order valence-corrected chi connectivity index (χ4v) is 2.67. The largest absolute Gasteiger partial charge is 0.489 e. The van der Waals surface area contributed by atoms with Crippen LogP contribution in [0.3, 0.4) is 0 Å². The predicted octanol–water partition coefficient (Wildman–Crippen LogP) is 4.07. The van der Waals surface area contributed by atoms with Gasteiger partial charge in [-0.3, -0.25) is 0 Å². The molecule has 0 aliphatic carbocycles. The van der Waals surface area contributed by atoms with Gasteiger partial charge in [-0.15, -0.1) is 0 Å². The summed E-state index contributed by atoms with van der Waals surface area (Å²) >= 11 is 11.9. The fraction of sp³-hybridized carbons (Fsp3) is 0.0556. The standard InChI is InChI=1S/C18H13Cl2N5O/c19-14-5-4-10(6-15(14)20)9-26-12-3-1-2-11(7-12)16-13(8-21)17(22)25-18(23)24-16/h1-7H,9H2,(H4,22,23,24,25). The van der Waals surface area contributed by atoms with Crippen LogP contribution >= 0.6 is 23.2 Å². The molecule has 3 aromatic rings. The summed E-state index contributed by atoms with van der Waals surface area (Å²) in [6.07, 6.45) is 0. The smallest absolute Gasteiger partial charge is 0.222 e. The minimum absolute atomic E-state index is 0.00127. The van der Waals surface area contributed by atoms with Crippen molar-refractivity contribution in [1.29, 1.82) is 5.26 Å². The van der Waals surface area contributed by atoms with Gasteiger partial charge in [0.15, 0.2) is 0 Å². The van der Waals surface area contributed by atoms with E-state index in [-0.39, 0.29) is 17.3 Å². The van der Waals surface area contributed by atoms with Crippen LogP contribution < -0.4 is 16.2 Å². The summed E-state index contributed by atoms with van der Waals surface area (Å²) in [6.45, 7) is 0.305. The Morgan fingerprint density at radius 3 is 2.58 bits per heavy atom. The maximum absolute atomic E-state index is 9.32. The molecule has 2 aromatic carbocycles. The van der Waals surface area contributed by atoms with Gasteiger partial charge in [0.1, 0.15) is 29.8 Å². The van der Waals surface area contributed by atoms with Crippen molar-refractivity contribution in [3.8, 4) is 23.1 Å². The van der Waals surface area contributed by atoms with Crippen molar-refractivity contribution in [2.75, 3.05) is 11.5 Å². The number of nitrogens with two attached hydrogens (primary N) is 2. The number of halogens is 2. The van der Waals surface area contributed by atoms with E-state index in [0.717, 1.165) is 5.56 Å². The van der Waals surface area contributed by atoms with Crippen molar-refractivity contribution >= 4 is 35.0 Å². The van der Waals surface area contributed by atoms with Crippen molar-refractivity contribution in [3.05, 3.63) is 63.6 Å². The number of hydrogen-bond donors (Lipinski definition) is 2. The number of anilines is 2. The Balaban J connectivity index is 1.87. The molecule has 0 spiro atoms. The van der Waals surface area contributed by atoms with E-state index in [1.165, 1.54) is 0 Å². The van der Waals surface area contributed by atoms with Gasteiger partial charge in [0.2, 0.25) is 5.95 Å². The number of benzene rings is 2. The number of nitriles is 1. The van der Waals surface area contributed by atoms with Gasteiger partial charge in [-0.1, -0.05) is 41.4 Å². The second-order valence-corrected chi connectivity index (χ2v) is 6.18. The van der Waals surface area contributed by atoms with Crippen molar-refractivity contribution in [2.45, 2.75) is 6.61 Å². The zero-order valence-electron chi connectivity index (χ0n) is 13.4. The zero-order valence-corrected chi connectivity index (χ0v) is 14.9. The van der Waals surface area contributed by atoms with Crippen LogP contribution in [0, 0.1) is 11.3 Å². The Morgan fingerprint density at radius 2 is 1.85 bits per heavy atom. The molecule has 8 heteroatoms. The first-order valence-electron chi connectivity index (χ1n) is 7.48. The van der Waals surface area contributed by atoms with Crippen molar-refractivity contribution in [2.24, 2.45) is 0 Å². The molecule has 0 aliphatic heterocycles. The third-order valence-corrected chi connectivity index (χ3v) is 4.30. The number of ether oxygens (including phenoxy) is 1.